The molecule has 0 spiro atoms. The fourth-order valence-electron chi connectivity index (χ4n) is 6.35. The Balaban J connectivity index is 3.37. The van der Waals surface area contributed by atoms with E-state index in [1.54, 1.807) is 0 Å². The van der Waals surface area contributed by atoms with Crippen LogP contribution in [-0.2, 0) is 14.3 Å². The van der Waals surface area contributed by atoms with Crippen molar-refractivity contribution in [2.45, 2.75) is 245 Å². The zero-order valence-corrected chi connectivity index (χ0v) is 30.0. The van der Waals surface area contributed by atoms with E-state index in [1.807, 2.05) is 0 Å². The van der Waals surface area contributed by atoms with E-state index in [2.05, 4.69) is 13.8 Å². The quantitative estimate of drug-likeness (QED) is 0.0553. The predicted molar refractivity (Wildman–Crippen MR) is 190 cm³/mol. The van der Waals surface area contributed by atoms with E-state index in [0.717, 1.165) is 38.5 Å². The summed E-state index contributed by atoms with van der Waals surface area (Å²) in [5.74, 6) is -0.650. The van der Waals surface area contributed by atoms with Gasteiger partial charge in [-0.05, 0) is 32.1 Å². The number of esters is 1. The van der Waals surface area contributed by atoms with Crippen LogP contribution in [0.25, 0.3) is 0 Å². The lowest BCUT2D eigenvalue weighted by Gasteiger charge is -2.16. The molecule has 262 valence electrons. The van der Waals surface area contributed by atoms with Crippen molar-refractivity contribution in [3.63, 3.8) is 0 Å². The van der Waals surface area contributed by atoms with E-state index >= 15 is 0 Å². The van der Waals surface area contributed by atoms with E-state index in [-0.39, 0.29) is 12.1 Å². The van der Waals surface area contributed by atoms with Crippen LogP contribution in [-0.4, -0.2) is 23.1 Å². The highest BCUT2D eigenvalue weighted by Gasteiger charge is 2.12. The van der Waals surface area contributed by atoms with Crippen LogP contribution in [0.2, 0.25) is 0 Å². The third kappa shape index (κ3) is 35.4. The minimum absolute atomic E-state index is 0.0192. The van der Waals surface area contributed by atoms with Crippen molar-refractivity contribution in [3.05, 3.63) is 0 Å². The molecule has 0 amide bonds. The topological polar surface area (TPSA) is 63.6 Å². The lowest BCUT2D eigenvalue weighted by Crippen LogP contribution is -2.17. The van der Waals surface area contributed by atoms with Crippen molar-refractivity contribution >= 4 is 11.9 Å². The van der Waals surface area contributed by atoms with Gasteiger partial charge in [-0.3, -0.25) is 9.59 Å². The number of hydrogen-bond donors (Lipinski definition) is 1. The van der Waals surface area contributed by atoms with Crippen LogP contribution in [0.5, 0.6) is 0 Å². The fourth-order valence-corrected chi connectivity index (χ4v) is 6.35. The van der Waals surface area contributed by atoms with Crippen LogP contribution in [0.1, 0.15) is 239 Å². The Labute approximate surface area is 275 Å². The highest BCUT2D eigenvalue weighted by molar-refractivity contribution is 5.69. The number of unbranched alkanes of at least 4 members (excludes halogenated alkanes) is 29. The summed E-state index contributed by atoms with van der Waals surface area (Å²) in [7, 11) is 0. The minimum Gasteiger partial charge on any atom is -0.481 e. The van der Waals surface area contributed by atoms with E-state index in [4.69, 9.17) is 9.84 Å². The number of hydrogen-bond acceptors (Lipinski definition) is 3. The molecule has 4 nitrogen and oxygen atoms in total. The van der Waals surface area contributed by atoms with Crippen LogP contribution < -0.4 is 0 Å². The zero-order chi connectivity index (χ0) is 32.2. The Kier molecular flexibility index (Phi) is 35.5. The third-order valence-corrected chi connectivity index (χ3v) is 9.40. The van der Waals surface area contributed by atoms with Crippen molar-refractivity contribution in [1.29, 1.82) is 0 Å². The largest absolute Gasteiger partial charge is 0.481 e. The first-order valence-electron chi connectivity index (χ1n) is 20.0. The molecule has 0 radical (unpaired) electrons. The smallest absolute Gasteiger partial charge is 0.306 e. The first-order valence-corrected chi connectivity index (χ1v) is 20.0. The number of carbonyl (C=O) groups excluding carboxylic acids is 1. The summed E-state index contributed by atoms with van der Waals surface area (Å²) in [6.07, 6.45) is 43.6. The molecule has 0 aliphatic rings. The number of rotatable bonds is 37. The van der Waals surface area contributed by atoms with Crippen LogP contribution in [0, 0.1) is 0 Å². The van der Waals surface area contributed by atoms with Gasteiger partial charge in [-0.2, -0.15) is 0 Å². The highest BCUT2D eigenvalue weighted by Crippen LogP contribution is 2.17. The fraction of sp³-hybridized carbons (Fsp3) is 0.950. The molecule has 0 aromatic heterocycles. The molecule has 1 atom stereocenters. The van der Waals surface area contributed by atoms with Crippen molar-refractivity contribution in [2.24, 2.45) is 0 Å². The van der Waals surface area contributed by atoms with Gasteiger partial charge in [0.25, 0.3) is 0 Å². The summed E-state index contributed by atoms with van der Waals surface area (Å²) in [6.45, 7) is 4.43. The Morgan fingerprint density at radius 2 is 0.727 bits per heavy atom. The van der Waals surface area contributed by atoms with Crippen molar-refractivity contribution in [3.8, 4) is 0 Å². The molecular weight excluding hydrogens is 544 g/mol. The number of carbonyl (C=O) groups is 2. The number of ether oxygens (including phenoxy) is 1. The molecule has 44 heavy (non-hydrogen) atoms. The summed E-state index contributed by atoms with van der Waals surface area (Å²) in [4.78, 5) is 22.8. The Morgan fingerprint density at radius 1 is 0.432 bits per heavy atom. The molecule has 0 saturated carbocycles. The maximum absolute atomic E-state index is 12.3. The summed E-state index contributed by atoms with van der Waals surface area (Å²) in [5.41, 5.74) is 0. The van der Waals surface area contributed by atoms with E-state index < -0.39 is 5.97 Å². The number of carboxylic acid groups (broad SMARTS) is 1. The van der Waals surface area contributed by atoms with Crippen molar-refractivity contribution in [2.75, 3.05) is 0 Å². The lowest BCUT2D eigenvalue weighted by molar-refractivity contribution is -0.149. The first kappa shape index (κ1) is 42.9. The van der Waals surface area contributed by atoms with Gasteiger partial charge in [0.05, 0.1) is 0 Å². The number of carboxylic acids is 1. The molecule has 0 aromatic carbocycles. The second-order valence-corrected chi connectivity index (χ2v) is 13.8. The van der Waals surface area contributed by atoms with Crippen LogP contribution in [0.3, 0.4) is 0 Å². The summed E-state index contributed by atoms with van der Waals surface area (Å²) < 4.78 is 5.79. The molecule has 0 bridgehead atoms. The summed E-state index contributed by atoms with van der Waals surface area (Å²) >= 11 is 0. The van der Waals surface area contributed by atoms with Gasteiger partial charge < -0.3 is 9.84 Å². The van der Waals surface area contributed by atoms with Gasteiger partial charge >= 0.3 is 11.9 Å². The van der Waals surface area contributed by atoms with Gasteiger partial charge in [-0.15, -0.1) is 0 Å². The van der Waals surface area contributed by atoms with Gasteiger partial charge in [0.15, 0.2) is 0 Å². The molecule has 0 heterocycles. The molecule has 0 aromatic rings. The molecule has 0 fully saturated rings. The summed E-state index contributed by atoms with van der Waals surface area (Å²) in [6, 6.07) is 0. The Hall–Kier alpha value is -1.06. The van der Waals surface area contributed by atoms with Gasteiger partial charge in [-0.1, -0.05) is 194 Å². The monoisotopic (exact) mass is 623 g/mol. The van der Waals surface area contributed by atoms with Gasteiger partial charge in [0.2, 0.25) is 0 Å². The summed E-state index contributed by atoms with van der Waals surface area (Å²) in [5, 5.41) is 8.65. The Bertz CT molecular complexity index is 590. The first-order chi connectivity index (χ1) is 21.6. The third-order valence-electron chi connectivity index (χ3n) is 9.40. The maximum Gasteiger partial charge on any atom is 0.306 e. The second kappa shape index (κ2) is 36.4. The van der Waals surface area contributed by atoms with Crippen molar-refractivity contribution < 1.29 is 19.4 Å². The molecule has 1 unspecified atom stereocenters. The van der Waals surface area contributed by atoms with Gasteiger partial charge in [-0.25, -0.2) is 0 Å². The zero-order valence-electron chi connectivity index (χ0n) is 30.0. The Morgan fingerprint density at radius 3 is 1.05 bits per heavy atom. The van der Waals surface area contributed by atoms with Gasteiger partial charge in [0.1, 0.15) is 6.10 Å². The highest BCUT2D eigenvalue weighted by atomic mass is 16.5. The molecular formula is C40H78O4. The van der Waals surface area contributed by atoms with Gasteiger partial charge in [0, 0.05) is 12.8 Å². The molecule has 0 aliphatic carbocycles. The maximum atomic E-state index is 12.3. The van der Waals surface area contributed by atoms with Crippen molar-refractivity contribution in [1.82, 2.24) is 0 Å². The normalized spacial score (nSPS) is 12.0. The average Bonchev–Trinajstić information content (AvgIpc) is 3.01. The molecule has 0 aliphatic heterocycles. The van der Waals surface area contributed by atoms with E-state index in [1.165, 1.54) is 173 Å². The molecule has 0 saturated heterocycles. The van der Waals surface area contributed by atoms with Crippen LogP contribution in [0.15, 0.2) is 0 Å². The molecule has 1 N–H and O–H groups in total. The average molecular weight is 623 g/mol. The van der Waals surface area contributed by atoms with E-state index in [0.29, 0.717) is 12.8 Å². The van der Waals surface area contributed by atoms with E-state index in [9.17, 15) is 9.59 Å². The van der Waals surface area contributed by atoms with Crippen LogP contribution in [0.4, 0.5) is 0 Å². The minimum atomic E-state index is -0.669. The van der Waals surface area contributed by atoms with Crippen LogP contribution >= 0.6 is 0 Å². The SMILES string of the molecule is CCCCCCCCCCCCCCCCCCCCCC(=O)OC(CC)CCCCCCCCCCCCCCC(=O)O. The number of aliphatic carboxylic acids is 1. The lowest BCUT2D eigenvalue weighted by atomic mass is 10.0. The standard InChI is InChI=1S/C40H78O4/c1-3-5-6-7-8-9-10-11-12-13-14-15-16-17-22-25-28-31-34-37-40(43)44-38(4-2)35-32-29-26-23-20-18-19-21-24-27-30-33-36-39(41)42/h38H,3-37H2,1-2H3,(H,41,42). The molecule has 4 heteroatoms. The molecule has 0 rings (SSSR count). The second-order valence-electron chi connectivity index (χ2n) is 13.8. The predicted octanol–water partition coefficient (Wildman–Crippen LogP) is 13.7.